The average Bonchev–Trinajstić information content (AvgIpc) is 3.08. The molecule has 204 valence electrons. The average molecular weight is 599 g/mol. The number of aromatic nitrogens is 2. The van der Waals surface area contributed by atoms with Gasteiger partial charge in [0.15, 0.2) is 0 Å². The molecule has 0 radical (unpaired) electrons. The van der Waals surface area contributed by atoms with Crippen LogP contribution in [0.5, 0.6) is 0 Å². The van der Waals surface area contributed by atoms with E-state index in [-0.39, 0.29) is 11.5 Å². The molecule has 0 saturated heterocycles. The van der Waals surface area contributed by atoms with Crippen LogP contribution in [0, 0.1) is 13.8 Å². The number of nitrogens with zero attached hydrogens (tertiary/aromatic N) is 3. The Labute approximate surface area is 225 Å². The predicted octanol–water partition coefficient (Wildman–Crippen LogP) is 5.06. The summed E-state index contributed by atoms with van der Waals surface area (Å²) in [6, 6.07) is 11.9. The zero-order valence-electron chi connectivity index (χ0n) is 20.9. The van der Waals surface area contributed by atoms with Gasteiger partial charge < -0.3 is 20.4 Å². The minimum atomic E-state index is -5.08. The van der Waals surface area contributed by atoms with Crippen molar-refractivity contribution < 1.29 is 37.8 Å². The molecule has 0 aliphatic rings. The van der Waals surface area contributed by atoms with Crippen LogP contribution in [-0.2, 0) is 18.3 Å². The number of aromatic carboxylic acids is 1. The van der Waals surface area contributed by atoms with Gasteiger partial charge in [0.05, 0.1) is 16.9 Å². The van der Waals surface area contributed by atoms with Crippen LogP contribution in [-0.4, -0.2) is 57.6 Å². The highest BCUT2D eigenvalue weighted by molar-refractivity contribution is 9.10. The molecule has 3 aromatic rings. The lowest BCUT2D eigenvalue weighted by atomic mass is 10.1. The van der Waals surface area contributed by atoms with E-state index >= 15 is 0 Å². The van der Waals surface area contributed by atoms with E-state index < -0.39 is 18.1 Å². The van der Waals surface area contributed by atoms with E-state index in [1.165, 1.54) is 11.6 Å². The van der Waals surface area contributed by atoms with Crippen LogP contribution in [0.3, 0.4) is 0 Å². The quantitative estimate of drug-likeness (QED) is 0.347. The topological polar surface area (TPSA) is 125 Å². The van der Waals surface area contributed by atoms with Crippen molar-refractivity contribution in [2.24, 2.45) is 7.05 Å². The maximum absolute atomic E-state index is 12.5. The Morgan fingerprint density at radius 1 is 1.08 bits per heavy atom. The summed E-state index contributed by atoms with van der Waals surface area (Å²) in [4.78, 5) is 35.2. The number of carboxylic acids is 2. The minimum Gasteiger partial charge on any atom is -0.478 e. The first-order chi connectivity index (χ1) is 17.6. The van der Waals surface area contributed by atoms with Gasteiger partial charge in [-0.25, -0.2) is 9.59 Å². The number of aliphatic carboxylic acids is 1. The second-order valence-corrected chi connectivity index (χ2v) is 9.16. The number of likely N-dealkylation sites (N-methyl/N-ethyl adjacent to an activating group) is 1. The normalized spacial score (nSPS) is 10.8. The van der Waals surface area contributed by atoms with Crippen LogP contribution in [0.1, 0.15) is 37.7 Å². The summed E-state index contributed by atoms with van der Waals surface area (Å²) in [5.74, 6) is -4.10. The first-order valence-corrected chi connectivity index (χ1v) is 11.9. The zero-order chi connectivity index (χ0) is 28.8. The van der Waals surface area contributed by atoms with Crippen molar-refractivity contribution in [3.8, 4) is 0 Å². The summed E-state index contributed by atoms with van der Waals surface area (Å²) >= 11 is 3.34. The van der Waals surface area contributed by atoms with Gasteiger partial charge in [-0.1, -0.05) is 15.9 Å². The van der Waals surface area contributed by atoms with Crippen LogP contribution < -0.4 is 10.2 Å². The van der Waals surface area contributed by atoms with Crippen molar-refractivity contribution in [2.45, 2.75) is 26.4 Å². The van der Waals surface area contributed by atoms with Crippen LogP contribution in [0.15, 0.2) is 46.9 Å². The summed E-state index contributed by atoms with van der Waals surface area (Å²) < 4.78 is 34.5. The van der Waals surface area contributed by atoms with Crippen LogP contribution >= 0.6 is 15.9 Å². The Morgan fingerprint density at radius 2 is 1.66 bits per heavy atom. The number of alkyl halides is 3. The molecule has 0 bridgehead atoms. The van der Waals surface area contributed by atoms with Gasteiger partial charge in [0, 0.05) is 42.1 Å². The lowest BCUT2D eigenvalue weighted by Crippen LogP contribution is -2.23. The maximum atomic E-state index is 12.5. The fraction of sp³-hybridized carbons (Fsp3) is 0.280. The van der Waals surface area contributed by atoms with Crippen molar-refractivity contribution in [1.82, 2.24) is 9.78 Å². The Hall–Kier alpha value is -3.87. The minimum absolute atomic E-state index is 0.135. The fourth-order valence-electron chi connectivity index (χ4n) is 3.50. The molecule has 0 aliphatic carbocycles. The van der Waals surface area contributed by atoms with Gasteiger partial charge in [-0.3, -0.25) is 9.48 Å². The maximum Gasteiger partial charge on any atom is 0.490 e. The van der Waals surface area contributed by atoms with E-state index in [1.807, 2.05) is 37.5 Å². The molecule has 0 fully saturated rings. The van der Waals surface area contributed by atoms with Gasteiger partial charge >= 0.3 is 18.1 Å². The molecule has 9 nitrogen and oxygen atoms in total. The molecular weight excluding hydrogens is 573 g/mol. The lowest BCUT2D eigenvalue weighted by molar-refractivity contribution is -0.192. The lowest BCUT2D eigenvalue weighted by Gasteiger charge is -2.22. The number of hydrogen-bond acceptors (Lipinski definition) is 5. The van der Waals surface area contributed by atoms with Crippen LogP contribution in [0.25, 0.3) is 0 Å². The van der Waals surface area contributed by atoms with E-state index in [0.29, 0.717) is 23.5 Å². The van der Waals surface area contributed by atoms with Crippen molar-refractivity contribution in [3.05, 3.63) is 75.0 Å². The predicted molar refractivity (Wildman–Crippen MR) is 139 cm³/mol. The Bertz CT molecular complexity index is 1320. The van der Waals surface area contributed by atoms with E-state index in [4.69, 9.17) is 9.90 Å². The highest BCUT2D eigenvalue weighted by atomic mass is 79.9. The first-order valence-electron chi connectivity index (χ1n) is 11.1. The number of hydrogen-bond donors (Lipinski definition) is 3. The number of anilines is 2. The molecule has 3 rings (SSSR count). The number of aryl methyl sites for hydroxylation is 2. The molecule has 1 aromatic heterocycles. The summed E-state index contributed by atoms with van der Waals surface area (Å²) in [6.45, 7) is 4.65. The molecule has 1 amide bonds. The first kappa shape index (κ1) is 30.4. The van der Waals surface area contributed by atoms with Gasteiger partial charge in [-0.05, 0) is 68.3 Å². The van der Waals surface area contributed by atoms with Gasteiger partial charge in [0.25, 0.3) is 5.91 Å². The van der Waals surface area contributed by atoms with Gasteiger partial charge in [0.1, 0.15) is 0 Å². The number of amides is 1. The van der Waals surface area contributed by atoms with Crippen molar-refractivity contribution in [2.75, 3.05) is 23.8 Å². The highest BCUT2D eigenvalue weighted by Gasteiger charge is 2.38. The number of rotatable bonds is 7. The van der Waals surface area contributed by atoms with E-state index in [0.717, 1.165) is 22.3 Å². The van der Waals surface area contributed by atoms with Gasteiger partial charge in [-0.15, -0.1) is 0 Å². The summed E-state index contributed by atoms with van der Waals surface area (Å²) in [7, 11) is 3.78. The molecule has 2 aromatic carbocycles. The highest BCUT2D eigenvalue weighted by Crippen LogP contribution is 2.25. The second kappa shape index (κ2) is 12.6. The molecule has 13 heteroatoms. The third kappa shape index (κ3) is 8.07. The van der Waals surface area contributed by atoms with Crippen molar-refractivity contribution in [3.63, 3.8) is 0 Å². The van der Waals surface area contributed by atoms with Crippen molar-refractivity contribution in [1.29, 1.82) is 0 Å². The number of nitrogens with one attached hydrogen (secondary N) is 1. The van der Waals surface area contributed by atoms with Gasteiger partial charge in [-0.2, -0.15) is 18.3 Å². The largest absolute Gasteiger partial charge is 0.490 e. The smallest absolute Gasteiger partial charge is 0.478 e. The van der Waals surface area contributed by atoms with Crippen LogP contribution in [0.4, 0.5) is 24.5 Å². The number of benzene rings is 2. The Morgan fingerprint density at radius 3 is 2.13 bits per heavy atom. The van der Waals surface area contributed by atoms with Crippen LogP contribution in [0.2, 0.25) is 0 Å². The summed E-state index contributed by atoms with van der Waals surface area (Å²) in [5, 5.41) is 24.1. The molecule has 0 aliphatic heterocycles. The number of carboxylic acid groups (broad SMARTS) is 2. The van der Waals surface area contributed by atoms with E-state index in [9.17, 15) is 27.9 Å². The van der Waals surface area contributed by atoms with Crippen molar-refractivity contribution >= 4 is 45.2 Å². The van der Waals surface area contributed by atoms with E-state index in [2.05, 4.69) is 26.3 Å². The number of carbonyl (C=O) groups excluding carboxylic acids is 1. The van der Waals surface area contributed by atoms with E-state index in [1.54, 1.807) is 36.4 Å². The molecule has 38 heavy (non-hydrogen) atoms. The molecule has 0 unspecified atom stereocenters. The third-order valence-electron chi connectivity index (χ3n) is 5.60. The molecule has 3 N–H and O–H groups in total. The Kier molecular flexibility index (Phi) is 10.1. The fourth-order valence-corrected chi connectivity index (χ4v) is 3.77. The molecule has 0 spiro atoms. The molecular formula is C25H26BrF3N4O5. The SMILES string of the molecule is Cc1nn(C)c(C)c1CCN(C)c1ccc(NC(=O)c2ccc(Br)cc2)cc1C(=O)O.O=C(O)C(F)(F)F. The second-order valence-electron chi connectivity index (χ2n) is 8.25. The Balaban J connectivity index is 0.000000638. The third-order valence-corrected chi connectivity index (χ3v) is 6.13. The standard InChI is InChI=1S/C23H25BrN4O3.C2HF3O2/c1-14-19(15(2)28(4)26-14)11-12-27(3)21-10-9-18(13-20(21)23(30)31)25-22(29)16-5-7-17(24)8-6-16;3-2(4,5)1(6)7/h5-10,13H,11-12H2,1-4H3,(H,25,29)(H,30,31);(H,6,7). The summed E-state index contributed by atoms with van der Waals surface area (Å²) in [5.41, 5.74) is 4.91. The molecule has 0 saturated carbocycles. The molecule has 1 heterocycles. The zero-order valence-corrected chi connectivity index (χ0v) is 22.5. The number of carbonyl (C=O) groups is 3. The van der Waals surface area contributed by atoms with Gasteiger partial charge in [0.2, 0.25) is 0 Å². The monoisotopic (exact) mass is 598 g/mol. The molecule has 0 atom stereocenters. The number of halogens is 4. The summed E-state index contributed by atoms with van der Waals surface area (Å²) in [6.07, 6.45) is -4.33.